The lowest BCUT2D eigenvalue weighted by Crippen LogP contribution is -2.51. The molecule has 1 aliphatic rings. The van der Waals surface area contributed by atoms with Crippen LogP contribution >= 0.6 is 11.8 Å². The third-order valence-corrected chi connectivity index (χ3v) is 6.21. The van der Waals surface area contributed by atoms with Gasteiger partial charge in [0, 0.05) is 36.8 Å². The van der Waals surface area contributed by atoms with Gasteiger partial charge in [-0.2, -0.15) is 5.26 Å². The predicted molar refractivity (Wildman–Crippen MR) is 123 cm³/mol. The molecule has 1 saturated heterocycles. The molecule has 2 aromatic carbocycles. The van der Waals surface area contributed by atoms with Crippen LogP contribution in [0.25, 0.3) is 0 Å². The summed E-state index contributed by atoms with van der Waals surface area (Å²) >= 11 is 1.48. The molecule has 0 N–H and O–H groups in total. The molecule has 8 nitrogen and oxygen atoms in total. The van der Waals surface area contributed by atoms with E-state index >= 15 is 0 Å². The van der Waals surface area contributed by atoms with Gasteiger partial charge in [-0.25, -0.2) is 9.59 Å². The smallest absolute Gasteiger partial charge is 0.409 e. The van der Waals surface area contributed by atoms with E-state index in [4.69, 9.17) is 14.7 Å². The van der Waals surface area contributed by atoms with Crippen molar-refractivity contribution in [2.24, 2.45) is 0 Å². The van der Waals surface area contributed by atoms with Crippen LogP contribution in [0.1, 0.15) is 28.4 Å². The summed E-state index contributed by atoms with van der Waals surface area (Å²) in [5.74, 6) is -0.231. The van der Waals surface area contributed by atoms with Gasteiger partial charge in [0.15, 0.2) is 6.61 Å². The molecule has 9 heteroatoms. The molecule has 1 fully saturated rings. The van der Waals surface area contributed by atoms with Crippen molar-refractivity contribution in [3.63, 3.8) is 0 Å². The number of piperazine rings is 1. The second-order valence-electron chi connectivity index (χ2n) is 7.24. The SMILES string of the molecule is CCOC(=O)N1CCN(C(=O)COC(=O)c2ccccc2SCc2ccc(C#N)cc2)CC1. The molecule has 1 aliphatic heterocycles. The number of nitrogens with zero attached hydrogens (tertiary/aromatic N) is 3. The maximum atomic E-state index is 12.6. The molecule has 0 aliphatic carbocycles. The topological polar surface area (TPSA) is 99.9 Å². The van der Waals surface area contributed by atoms with E-state index in [9.17, 15) is 14.4 Å². The fourth-order valence-corrected chi connectivity index (χ4v) is 4.24. The maximum absolute atomic E-state index is 12.6. The summed E-state index contributed by atoms with van der Waals surface area (Å²) in [5, 5.41) is 8.91. The minimum Gasteiger partial charge on any atom is -0.452 e. The fourth-order valence-electron chi connectivity index (χ4n) is 3.25. The molecule has 0 aromatic heterocycles. The quantitative estimate of drug-likeness (QED) is 0.455. The van der Waals surface area contributed by atoms with Gasteiger partial charge >= 0.3 is 12.1 Å². The van der Waals surface area contributed by atoms with Gasteiger partial charge in [0.05, 0.1) is 23.8 Å². The summed E-state index contributed by atoms with van der Waals surface area (Å²) < 4.78 is 10.3. The average molecular weight is 468 g/mol. The number of esters is 1. The fraction of sp³-hybridized carbons (Fsp3) is 0.333. The lowest BCUT2D eigenvalue weighted by molar-refractivity contribution is -0.136. The number of amides is 2. The van der Waals surface area contributed by atoms with E-state index in [0.29, 0.717) is 49.7 Å². The van der Waals surface area contributed by atoms with Crippen molar-refractivity contribution in [3.05, 3.63) is 65.2 Å². The number of ether oxygens (including phenoxy) is 2. The Labute approximate surface area is 197 Å². The van der Waals surface area contributed by atoms with E-state index in [-0.39, 0.29) is 18.6 Å². The Kier molecular flexibility index (Phi) is 8.72. The molecule has 0 atom stereocenters. The second-order valence-corrected chi connectivity index (χ2v) is 8.25. The normalized spacial score (nSPS) is 13.2. The van der Waals surface area contributed by atoms with Gasteiger partial charge in [-0.1, -0.05) is 24.3 Å². The number of hydrogen-bond donors (Lipinski definition) is 0. The largest absolute Gasteiger partial charge is 0.452 e. The molecule has 172 valence electrons. The van der Waals surface area contributed by atoms with Crippen LogP contribution in [-0.2, 0) is 20.0 Å². The van der Waals surface area contributed by atoms with Gasteiger partial charge in [-0.05, 0) is 36.8 Å². The van der Waals surface area contributed by atoms with Crippen molar-refractivity contribution in [1.82, 2.24) is 9.80 Å². The molecule has 3 rings (SSSR count). The van der Waals surface area contributed by atoms with Crippen molar-refractivity contribution in [1.29, 1.82) is 5.26 Å². The number of benzene rings is 2. The lowest BCUT2D eigenvalue weighted by atomic mass is 10.2. The van der Waals surface area contributed by atoms with Crippen LogP contribution in [0.5, 0.6) is 0 Å². The predicted octanol–water partition coefficient (Wildman–Crippen LogP) is 3.31. The highest BCUT2D eigenvalue weighted by molar-refractivity contribution is 7.98. The zero-order valence-corrected chi connectivity index (χ0v) is 19.2. The maximum Gasteiger partial charge on any atom is 0.409 e. The van der Waals surface area contributed by atoms with E-state index in [1.807, 2.05) is 24.3 Å². The number of nitriles is 1. The molecule has 2 aromatic rings. The standard InChI is InChI=1S/C24H25N3O5S/c1-2-31-24(30)27-13-11-26(12-14-27)22(28)16-32-23(29)20-5-3-4-6-21(20)33-17-19-9-7-18(15-25)8-10-19/h3-10H,2,11-14,16-17H2,1H3. The summed E-state index contributed by atoms with van der Waals surface area (Å²) in [4.78, 5) is 40.8. The minimum atomic E-state index is -0.559. The molecule has 1 heterocycles. The highest BCUT2D eigenvalue weighted by atomic mass is 32.2. The van der Waals surface area contributed by atoms with Crippen LogP contribution < -0.4 is 0 Å². The van der Waals surface area contributed by atoms with Crippen molar-refractivity contribution in [2.45, 2.75) is 17.6 Å². The van der Waals surface area contributed by atoms with Crippen molar-refractivity contribution >= 4 is 29.7 Å². The van der Waals surface area contributed by atoms with Gasteiger partial charge in [-0.15, -0.1) is 11.8 Å². The number of carbonyl (C=O) groups is 3. The van der Waals surface area contributed by atoms with Crippen LogP contribution in [0.15, 0.2) is 53.4 Å². The van der Waals surface area contributed by atoms with Gasteiger partial charge in [0.25, 0.3) is 5.91 Å². The zero-order valence-electron chi connectivity index (χ0n) is 18.4. The van der Waals surface area contributed by atoms with Crippen LogP contribution in [0.2, 0.25) is 0 Å². The minimum absolute atomic E-state index is 0.297. The summed E-state index contributed by atoms with van der Waals surface area (Å²) in [7, 11) is 0. The van der Waals surface area contributed by atoms with E-state index in [1.54, 1.807) is 41.0 Å². The number of carbonyl (C=O) groups excluding carboxylic acids is 3. The van der Waals surface area contributed by atoms with Gasteiger partial charge < -0.3 is 19.3 Å². The monoisotopic (exact) mass is 467 g/mol. The van der Waals surface area contributed by atoms with Crippen LogP contribution in [0, 0.1) is 11.3 Å². The van der Waals surface area contributed by atoms with Crippen LogP contribution in [0.4, 0.5) is 4.79 Å². The Hall–Kier alpha value is -3.51. The third-order valence-electron chi connectivity index (χ3n) is 5.07. The number of thioether (sulfide) groups is 1. The van der Waals surface area contributed by atoms with E-state index in [2.05, 4.69) is 6.07 Å². The molecule has 0 spiro atoms. The summed E-state index contributed by atoms with van der Waals surface area (Å²) in [6.07, 6.45) is -0.383. The lowest BCUT2D eigenvalue weighted by Gasteiger charge is -2.33. The first kappa shape index (κ1) is 24.1. The van der Waals surface area contributed by atoms with Gasteiger partial charge in [0.2, 0.25) is 0 Å². The molecule has 0 unspecified atom stereocenters. The molecule has 0 bridgehead atoms. The summed E-state index contributed by atoms with van der Waals surface area (Å²) in [6, 6.07) is 16.5. The number of hydrogen-bond acceptors (Lipinski definition) is 7. The van der Waals surface area contributed by atoms with E-state index in [1.165, 1.54) is 11.8 Å². The first-order valence-corrected chi connectivity index (χ1v) is 11.6. The van der Waals surface area contributed by atoms with Crippen LogP contribution in [0.3, 0.4) is 0 Å². The Bertz CT molecular complexity index is 1030. The third kappa shape index (κ3) is 6.73. The Morgan fingerprint density at radius 2 is 1.64 bits per heavy atom. The average Bonchev–Trinajstić information content (AvgIpc) is 2.86. The highest BCUT2D eigenvalue weighted by Crippen LogP contribution is 2.27. The first-order chi connectivity index (χ1) is 16.0. The Morgan fingerprint density at radius 3 is 2.30 bits per heavy atom. The molecule has 2 amide bonds. The molecule has 0 radical (unpaired) electrons. The van der Waals surface area contributed by atoms with Crippen molar-refractivity contribution in [3.8, 4) is 6.07 Å². The number of rotatable bonds is 7. The highest BCUT2D eigenvalue weighted by Gasteiger charge is 2.25. The Balaban J connectivity index is 1.51. The Morgan fingerprint density at radius 1 is 0.970 bits per heavy atom. The van der Waals surface area contributed by atoms with Gasteiger partial charge in [0.1, 0.15) is 0 Å². The molecule has 33 heavy (non-hydrogen) atoms. The zero-order chi connectivity index (χ0) is 23.6. The van der Waals surface area contributed by atoms with Crippen LogP contribution in [-0.4, -0.2) is 67.2 Å². The molecular weight excluding hydrogens is 442 g/mol. The van der Waals surface area contributed by atoms with E-state index in [0.717, 1.165) is 10.5 Å². The second kappa shape index (κ2) is 11.9. The van der Waals surface area contributed by atoms with E-state index < -0.39 is 5.97 Å². The summed E-state index contributed by atoms with van der Waals surface area (Å²) in [6.45, 7) is 3.20. The summed E-state index contributed by atoms with van der Waals surface area (Å²) in [5.41, 5.74) is 2.02. The van der Waals surface area contributed by atoms with Crippen molar-refractivity contribution in [2.75, 3.05) is 39.4 Å². The molecular formula is C24H25N3O5S. The first-order valence-electron chi connectivity index (χ1n) is 10.6. The molecule has 0 saturated carbocycles. The van der Waals surface area contributed by atoms with Crippen molar-refractivity contribution < 1.29 is 23.9 Å². The van der Waals surface area contributed by atoms with Gasteiger partial charge in [-0.3, -0.25) is 4.79 Å².